The van der Waals surface area contributed by atoms with Gasteiger partial charge in [-0.25, -0.2) is 0 Å². The van der Waals surface area contributed by atoms with Gasteiger partial charge in [0, 0.05) is 50.3 Å². The topological polar surface area (TPSA) is 37.3 Å². The molecule has 0 atom stereocenters. The van der Waals surface area contributed by atoms with Gasteiger partial charge in [0.05, 0.1) is 5.56 Å². The third-order valence-corrected chi connectivity index (χ3v) is 3.78. The number of hydrogen-bond donors (Lipinski definition) is 1. The minimum Gasteiger partial charge on any atom is -0.350 e. The van der Waals surface area contributed by atoms with Crippen LogP contribution < -0.4 is 5.32 Å². The molecule has 0 unspecified atom stereocenters. The average molecular weight is 257 g/mol. The van der Waals surface area contributed by atoms with Gasteiger partial charge in [0.1, 0.15) is 0 Å². The van der Waals surface area contributed by atoms with Gasteiger partial charge in [0.2, 0.25) is 0 Å². The van der Waals surface area contributed by atoms with Crippen molar-refractivity contribution >= 4 is 16.8 Å². The molecule has 1 N–H and O–H groups in total. The molecule has 4 nitrogen and oxygen atoms in total. The van der Waals surface area contributed by atoms with Crippen LogP contribution in [-0.2, 0) is 7.05 Å². The minimum absolute atomic E-state index is 0.149. The third kappa shape index (κ3) is 2.12. The van der Waals surface area contributed by atoms with E-state index in [-0.39, 0.29) is 5.91 Å². The van der Waals surface area contributed by atoms with E-state index in [4.69, 9.17) is 0 Å². The van der Waals surface area contributed by atoms with E-state index in [9.17, 15) is 4.79 Å². The first-order valence-corrected chi connectivity index (χ1v) is 6.72. The first-order chi connectivity index (χ1) is 9.16. The maximum Gasteiger partial charge on any atom is 0.256 e. The van der Waals surface area contributed by atoms with Gasteiger partial charge < -0.3 is 14.8 Å². The lowest BCUT2D eigenvalue weighted by atomic mass is 10.1. The van der Waals surface area contributed by atoms with Gasteiger partial charge in [-0.3, -0.25) is 4.79 Å². The fourth-order valence-corrected chi connectivity index (χ4v) is 2.70. The highest BCUT2D eigenvalue weighted by Gasteiger charge is 2.21. The zero-order valence-corrected chi connectivity index (χ0v) is 11.4. The maximum atomic E-state index is 12.6. The van der Waals surface area contributed by atoms with E-state index >= 15 is 0 Å². The minimum atomic E-state index is 0.149. The van der Waals surface area contributed by atoms with Crippen LogP contribution in [0.5, 0.6) is 0 Å². The van der Waals surface area contributed by atoms with Crippen LogP contribution in [0.4, 0.5) is 0 Å². The molecule has 2 aromatic rings. The molecular weight excluding hydrogens is 238 g/mol. The molecule has 0 spiro atoms. The van der Waals surface area contributed by atoms with Crippen LogP contribution in [0, 0.1) is 6.92 Å². The number of nitrogens with one attached hydrogen (secondary N) is 1. The summed E-state index contributed by atoms with van der Waals surface area (Å²) < 4.78 is 2.04. The number of amides is 1. The van der Waals surface area contributed by atoms with Crippen molar-refractivity contribution in [1.82, 2.24) is 14.8 Å². The van der Waals surface area contributed by atoms with E-state index < -0.39 is 0 Å². The quantitative estimate of drug-likeness (QED) is 0.841. The summed E-state index contributed by atoms with van der Waals surface area (Å²) in [5.41, 5.74) is 3.16. The SMILES string of the molecule is Cc1ccc2c(C(=O)N3CCNCC3)cn(C)c2c1. The number of fused-ring (bicyclic) bond motifs is 1. The van der Waals surface area contributed by atoms with E-state index in [2.05, 4.69) is 30.4 Å². The summed E-state index contributed by atoms with van der Waals surface area (Å²) >= 11 is 0. The number of carbonyl (C=O) groups is 1. The van der Waals surface area contributed by atoms with Crippen LogP contribution in [-0.4, -0.2) is 41.6 Å². The molecule has 0 bridgehead atoms. The Morgan fingerprint density at radius 3 is 2.74 bits per heavy atom. The van der Waals surface area contributed by atoms with Crippen molar-refractivity contribution in [3.05, 3.63) is 35.5 Å². The van der Waals surface area contributed by atoms with Gasteiger partial charge in [-0.15, -0.1) is 0 Å². The Morgan fingerprint density at radius 2 is 2.00 bits per heavy atom. The molecule has 1 aliphatic rings. The van der Waals surface area contributed by atoms with E-state index in [1.807, 2.05) is 22.7 Å². The van der Waals surface area contributed by atoms with E-state index in [0.717, 1.165) is 42.6 Å². The number of benzene rings is 1. The molecule has 0 saturated carbocycles. The Balaban J connectivity index is 2.02. The molecule has 1 amide bonds. The zero-order valence-electron chi connectivity index (χ0n) is 11.4. The van der Waals surface area contributed by atoms with Crippen LogP contribution in [0.2, 0.25) is 0 Å². The highest BCUT2D eigenvalue weighted by atomic mass is 16.2. The Kier molecular flexibility index (Phi) is 3.03. The Bertz CT molecular complexity index is 624. The molecular formula is C15H19N3O. The molecule has 2 heterocycles. The first-order valence-electron chi connectivity index (χ1n) is 6.72. The second-order valence-electron chi connectivity index (χ2n) is 5.22. The van der Waals surface area contributed by atoms with Crippen molar-refractivity contribution in [3.63, 3.8) is 0 Å². The number of hydrogen-bond acceptors (Lipinski definition) is 2. The second-order valence-corrected chi connectivity index (χ2v) is 5.22. The number of aryl methyl sites for hydroxylation is 2. The number of piperazine rings is 1. The summed E-state index contributed by atoms with van der Waals surface area (Å²) in [5, 5.41) is 4.32. The lowest BCUT2D eigenvalue weighted by Gasteiger charge is -2.27. The molecule has 1 aromatic heterocycles. The molecule has 3 rings (SSSR count). The molecule has 100 valence electrons. The fraction of sp³-hybridized carbons (Fsp3) is 0.400. The smallest absolute Gasteiger partial charge is 0.256 e. The summed E-state index contributed by atoms with van der Waals surface area (Å²) in [7, 11) is 2.00. The predicted molar refractivity (Wildman–Crippen MR) is 76.4 cm³/mol. The summed E-state index contributed by atoms with van der Waals surface area (Å²) in [6.45, 7) is 5.43. The van der Waals surface area contributed by atoms with Gasteiger partial charge in [0.15, 0.2) is 0 Å². The molecule has 1 aromatic carbocycles. The summed E-state index contributed by atoms with van der Waals surface area (Å²) in [6, 6.07) is 6.25. The first kappa shape index (κ1) is 12.2. The molecule has 1 fully saturated rings. The van der Waals surface area contributed by atoms with Crippen molar-refractivity contribution in [3.8, 4) is 0 Å². The van der Waals surface area contributed by atoms with Gasteiger partial charge in [-0.2, -0.15) is 0 Å². The number of aromatic nitrogens is 1. The Hall–Kier alpha value is -1.81. The third-order valence-electron chi connectivity index (χ3n) is 3.78. The van der Waals surface area contributed by atoms with Gasteiger partial charge in [-0.1, -0.05) is 12.1 Å². The van der Waals surface area contributed by atoms with Gasteiger partial charge >= 0.3 is 0 Å². The van der Waals surface area contributed by atoms with Crippen LogP contribution in [0.1, 0.15) is 15.9 Å². The number of carbonyl (C=O) groups excluding carboxylic acids is 1. The lowest BCUT2D eigenvalue weighted by molar-refractivity contribution is 0.0737. The molecule has 0 radical (unpaired) electrons. The van der Waals surface area contributed by atoms with E-state index in [0.29, 0.717) is 0 Å². The zero-order chi connectivity index (χ0) is 13.4. The van der Waals surface area contributed by atoms with Crippen molar-refractivity contribution in [1.29, 1.82) is 0 Å². The van der Waals surface area contributed by atoms with Gasteiger partial charge in [0.25, 0.3) is 5.91 Å². The molecule has 19 heavy (non-hydrogen) atoms. The van der Waals surface area contributed by atoms with Crippen molar-refractivity contribution in [2.24, 2.45) is 7.05 Å². The van der Waals surface area contributed by atoms with Crippen molar-refractivity contribution in [2.75, 3.05) is 26.2 Å². The highest BCUT2D eigenvalue weighted by molar-refractivity contribution is 6.07. The lowest BCUT2D eigenvalue weighted by Crippen LogP contribution is -2.46. The number of nitrogens with zero attached hydrogens (tertiary/aromatic N) is 2. The normalized spacial score (nSPS) is 16.0. The van der Waals surface area contributed by atoms with Crippen molar-refractivity contribution < 1.29 is 4.79 Å². The van der Waals surface area contributed by atoms with E-state index in [1.165, 1.54) is 5.56 Å². The largest absolute Gasteiger partial charge is 0.350 e. The number of rotatable bonds is 1. The maximum absolute atomic E-state index is 12.6. The highest BCUT2D eigenvalue weighted by Crippen LogP contribution is 2.23. The second kappa shape index (κ2) is 4.70. The summed E-state index contributed by atoms with van der Waals surface area (Å²) in [4.78, 5) is 14.5. The fourth-order valence-electron chi connectivity index (χ4n) is 2.70. The monoisotopic (exact) mass is 257 g/mol. The van der Waals surface area contributed by atoms with Gasteiger partial charge in [-0.05, 0) is 18.6 Å². The van der Waals surface area contributed by atoms with Crippen LogP contribution in [0.3, 0.4) is 0 Å². The molecule has 1 saturated heterocycles. The Labute approximate surface area is 113 Å². The van der Waals surface area contributed by atoms with Crippen molar-refractivity contribution in [2.45, 2.75) is 6.92 Å². The van der Waals surface area contributed by atoms with E-state index in [1.54, 1.807) is 0 Å². The molecule has 1 aliphatic heterocycles. The predicted octanol–water partition coefficient (Wildman–Crippen LogP) is 1.53. The molecule has 0 aliphatic carbocycles. The summed E-state index contributed by atoms with van der Waals surface area (Å²) in [5.74, 6) is 0.149. The van der Waals surface area contributed by atoms with Crippen LogP contribution >= 0.6 is 0 Å². The summed E-state index contributed by atoms with van der Waals surface area (Å²) in [6.07, 6.45) is 1.95. The molecule has 4 heteroatoms. The van der Waals surface area contributed by atoms with Crippen LogP contribution in [0.15, 0.2) is 24.4 Å². The Morgan fingerprint density at radius 1 is 1.26 bits per heavy atom. The standard InChI is InChI=1S/C15H19N3O/c1-11-3-4-12-13(10-17(2)14(12)9-11)15(19)18-7-5-16-6-8-18/h3-4,9-10,16H,5-8H2,1-2H3. The average Bonchev–Trinajstić information content (AvgIpc) is 2.76. The van der Waals surface area contributed by atoms with Crippen LogP contribution in [0.25, 0.3) is 10.9 Å².